The maximum atomic E-state index is 13.6. The minimum absolute atomic E-state index is 0.0752. The maximum Gasteiger partial charge on any atom is 0.237 e. The van der Waals surface area contributed by atoms with E-state index < -0.39 is 5.41 Å². The summed E-state index contributed by atoms with van der Waals surface area (Å²) in [6.07, 6.45) is 0. The Labute approximate surface area is 142 Å². The van der Waals surface area contributed by atoms with Gasteiger partial charge in [-0.05, 0) is 26.5 Å². The average molecular weight is 335 g/mol. The molecule has 1 fully saturated rings. The highest BCUT2D eigenvalue weighted by atomic mass is 19.1. The standard InChI is InChI=1S/C18H26FN3O2/c1-4-21-9-11-22(12-10-21)17(24)18(2,3)16(23)20-13-14-7-5-6-8-15(14)19/h5-8H,4,9-13H2,1-3H3,(H,20,23). The van der Waals surface area contributed by atoms with Crippen LogP contribution in [-0.2, 0) is 16.1 Å². The maximum absolute atomic E-state index is 13.6. The Bertz CT molecular complexity index is 596. The van der Waals surface area contributed by atoms with E-state index in [0.29, 0.717) is 18.7 Å². The van der Waals surface area contributed by atoms with E-state index >= 15 is 0 Å². The molecule has 0 bridgehead atoms. The molecule has 0 saturated carbocycles. The smallest absolute Gasteiger partial charge is 0.237 e. The molecule has 2 rings (SSSR count). The molecular weight excluding hydrogens is 309 g/mol. The van der Waals surface area contributed by atoms with Crippen LogP contribution in [-0.4, -0.2) is 54.3 Å². The SMILES string of the molecule is CCN1CCN(C(=O)C(C)(C)C(=O)NCc2ccccc2F)CC1. The lowest BCUT2D eigenvalue weighted by molar-refractivity contribution is -0.149. The highest BCUT2D eigenvalue weighted by Crippen LogP contribution is 2.21. The molecule has 6 heteroatoms. The minimum atomic E-state index is -1.17. The van der Waals surface area contributed by atoms with Gasteiger partial charge < -0.3 is 15.1 Å². The lowest BCUT2D eigenvalue weighted by atomic mass is 9.89. The summed E-state index contributed by atoms with van der Waals surface area (Å²) in [6, 6.07) is 6.29. The topological polar surface area (TPSA) is 52.7 Å². The van der Waals surface area contributed by atoms with Crippen molar-refractivity contribution < 1.29 is 14.0 Å². The van der Waals surface area contributed by atoms with Crippen LogP contribution in [0, 0.1) is 11.2 Å². The summed E-state index contributed by atoms with van der Waals surface area (Å²) in [4.78, 5) is 29.2. The third-order valence-corrected chi connectivity index (χ3v) is 4.61. The van der Waals surface area contributed by atoms with Crippen LogP contribution in [0.25, 0.3) is 0 Å². The lowest BCUT2D eigenvalue weighted by Crippen LogP contribution is -2.55. The van der Waals surface area contributed by atoms with Crippen molar-refractivity contribution in [3.05, 3.63) is 35.6 Å². The van der Waals surface area contributed by atoms with Gasteiger partial charge in [0.15, 0.2) is 0 Å². The van der Waals surface area contributed by atoms with Gasteiger partial charge in [0.1, 0.15) is 11.2 Å². The fourth-order valence-electron chi connectivity index (χ4n) is 2.80. The molecule has 1 aliphatic rings. The highest BCUT2D eigenvalue weighted by molar-refractivity contribution is 6.04. The van der Waals surface area contributed by atoms with Crippen molar-refractivity contribution in [2.75, 3.05) is 32.7 Å². The second kappa shape index (κ2) is 7.75. The number of nitrogens with one attached hydrogen (secondary N) is 1. The van der Waals surface area contributed by atoms with Crippen LogP contribution in [0.1, 0.15) is 26.3 Å². The summed E-state index contributed by atoms with van der Waals surface area (Å²) in [5.41, 5.74) is -0.759. The summed E-state index contributed by atoms with van der Waals surface area (Å²) in [5, 5.41) is 2.68. The Kier molecular flexibility index (Phi) is 5.94. The zero-order valence-electron chi connectivity index (χ0n) is 14.6. The largest absolute Gasteiger partial charge is 0.351 e. The van der Waals surface area contributed by atoms with Crippen LogP contribution in [0.4, 0.5) is 4.39 Å². The number of amides is 2. The van der Waals surface area contributed by atoms with E-state index in [1.54, 1.807) is 36.9 Å². The molecule has 1 heterocycles. The molecule has 1 aromatic carbocycles. The Balaban J connectivity index is 1.94. The van der Waals surface area contributed by atoms with Crippen molar-refractivity contribution in [3.8, 4) is 0 Å². The van der Waals surface area contributed by atoms with E-state index in [4.69, 9.17) is 0 Å². The Morgan fingerprint density at radius 1 is 1.17 bits per heavy atom. The van der Waals surface area contributed by atoms with Crippen molar-refractivity contribution >= 4 is 11.8 Å². The minimum Gasteiger partial charge on any atom is -0.351 e. The fraction of sp³-hybridized carbons (Fsp3) is 0.556. The summed E-state index contributed by atoms with van der Waals surface area (Å²) in [6.45, 7) is 9.31. The Morgan fingerprint density at radius 2 is 1.79 bits per heavy atom. The molecule has 1 saturated heterocycles. The van der Waals surface area contributed by atoms with Gasteiger partial charge in [0.05, 0.1) is 0 Å². The molecule has 0 unspecified atom stereocenters. The quantitative estimate of drug-likeness (QED) is 0.832. The second-order valence-corrected chi connectivity index (χ2v) is 6.63. The van der Waals surface area contributed by atoms with E-state index in [1.165, 1.54) is 6.07 Å². The van der Waals surface area contributed by atoms with Crippen molar-refractivity contribution in [3.63, 3.8) is 0 Å². The van der Waals surface area contributed by atoms with Crippen molar-refractivity contribution in [2.24, 2.45) is 5.41 Å². The molecule has 24 heavy (non-hydrogen) atoms. The zero-order valence-corrected chi connectivity index (χ0v) is 14.6. The van der Waals surface area contributed by atoms with Crippen molar-refractivity contribution in [1.82, 2.24) is 15.1 Å². The first kappa shape index (κ1) is 18.4. The van der Waals surface area contributed by atoms with Crippen molar-refractivity contribution in [1.29, 1.82) is 0 Å². The first-order valence-electron chi connectivity index (χ1n) is 8.39. The third-order valence-electron chi connectivity index (χ3n) is 4.61. The van der Waals surface area contributed by atoms with Gasteiger partial charge in [0.2, 0.25) is 11.8 Å². The van der Waals surface area contributed by atoms with Crippen molar-refractivity contribution in [2.45, 2.75) is 27.3 Å². The van der Waals surface area contributed by atoms with Crippen LogP contribution < -0.4 is 5.32 Å². The first-order valence-corrected chi connectivity index (χ1v) is 8.39. The molecule has 1 aromatic rings. The third kappa shape index (κ3) is 4.12. The van der Waals surface area contributed by atoms with Gasteiger partial charge in [0, 0.05) is 38.3 Å². The van der Waals surface area contributed by atoms with E-state index in [9.17, 15) is 14.0 Å². The van der Waals surface area contributed by atoms with Gasteiger partial charge in [-0.3, -0.25) is 9.59 Å². The molecule has 0 aromatic heterocycles. The fourth-order valence-corrected chi connectivity index (χ4v) is 2.80. The molecule has 5 nitrogen and oxygen atoms in total. The van der Waals surface area contributed by atoms with Crippen LogP contribution in [0.3, 0.4) is 0 Å². The average Bonchev–Trinajstić information content (AvgIpc) is 2.60. The molecule has 0 radical (unpaired) electrons. The number of carbonyl (C=O) groups is 2. The Morgan fingerprint density at radius 3 is 2.38 bits per heavy atom. The number of hydrogen-bond donors (Lipinski definition) is 1. The highest BCUT2D eigenvalue weighted by Gasteiger charge is 2.39. The summed E-state index contributed by atoms with van der Waals surface area (Å²) < 4.78 is 13.6. The van der Waals surface area contributed by atoms with Crippen LogP contribution in [0.2, 0.25) is 0 Å². The number of hydrogen-bond acceptors (Lipinski definition) is 3. The van der Waals surface area contributed by atoms with Gasteiger partial charge in [0.25, 0.3) is 0 Å². The van der Waals surface area contributed by atoms with E-state index in [-0.39, 0.29) is 24.2 Å². The van der Waals surface area contributed by atoms with E-state index in [0.717, 1.165) is 19.6 Å². The predicted molar refractivity (Wildman–Crippen MR) is 90.7 cm³/mol. The zero-order chi connectivity index (χ0) is 17.7. The second-order valence-electron chi connectivity index (χ2n) is 6.63. The summed E-state index contributed by atoms with van der Waals surface area (Å²) in [5.74, 6) is -0.921. The molecule has 2 amide bonds. The molecular formula is C18H26FN3O2. The van der Waals surface area contributed by atoms with Gasteiger partial charge in [-0.25, -0.2) is 4.39 Å². The van der Waals surface area contributed by atoms with Gasteiger partial charge >= 0.3 is 0 Å². The monoisotopic (exact) mass is 335 g/mol. The summed E-state index contributed by atoms with van der Waals surface area (Å²) >= 11 is 0. The number of rotatable bonds is 5. The van der Waals surface area contributed by atoms with Gasteiger partial charge in [-0.1, -0.05) is 25.1 Å². The number of benzene rings is 1. The van der Waals surface area contributed by atoms with Crippen LogP contribution in [0.5, 0.6) is 0 Å². The number of halogens is 1. The van der Waals surface area contributed by atoms with Crippen LogP contribution in [0.15, 0.2) is 24.3 Å². The van der Waals surface area contributed by atoms with Crippen LogP contribution >= 0.6 is 0 Å². The number of likely N-dealkylation sites (N-methyl/N-ethyl adjacent to an activating group) is 1. The number of carbonyl (C=O) groups excluding carboxylic acids is 2. The molecule has 0 atom stereocenters. The molecule has 1 aliphatic heterocycles. The molecule has 0 aliphatic carbocycles. The van der Waals surface area contributed by atoms with E-state index in [2.05, 4.69) is 17.1 Å². The first-order chi connectivity index (χ1) is 11.4. The molecule has 132 valence electrons. The predicted octanol–water partition coefficient (Wildman–Crippen LogP) is 1.63. The molecule has 1 N–H and O–H groups in total. The number of nitrogens with zero attached hydrogens (tertiary/aromatic N) is 2. The van der Waals surface area contributed by atoms with Gasteiger partial charge in [-0.2, -0.15) is 0 Å². The Hall–Kier alpha value is -1.95. The molecule has 0 spiro atoms. The van der Waals surface area contributed by atoms with Gasteiger partial charge in [-0.15, -0.1) is 0 Å². The summed E-state index contributed by atoms with van der Waals surface area (Å²) in [7, 11) is 0. The number of piperazine rings is 1. The van der Waals surface area contributed by atoms with E-state index in [1.807, 2.05) is 0 Å². The lowest BCUT2D eigenvalue weighted by Gasteiger charge is -2.37. The normalized spacial score (nSPS) is 16.1.